The van der Waals surface area contributed by atoms with E-state index in [2.05, 4.69) is 5.32 Å². The molecule has 0 aliphatic heterocycles. The van der Waals surface area contributed by atoms with Gasteiger partial charge in [0, 0.05) is 12.1 Å². The van der Waals surface area contributed by atoms with Crippen LogP contribution in [0.25, 0.3) is 0 Å². The van der Waals surface area contributed by atoms with E-state index in [9.17, 15) is 14.0 Å². The molecule has 1 rings (SSSR count). The van der Waals surface area contributed by atoms with Crippen LogP contribution >= 0.6 is 11.8 Å². The van der Waals surface area contributed by atoms with Crippen molar-refractivity contribution in [3.05, 3.63) is 30.1 Å². The quantitative estimate of drug-likeness (QED) is 0.756. The summed E-state index contributed by atoms with van der Waals surface area (Å²) in [5.41, 5.74) is 0.546. The van der Waals surface area contributed by atoms with Gasteiger partial charge in [0.15, 0.2) is 0 Å². The van der Waals surface area contributed by atoms with Gasteiger partial charge in [-0.1, -0.05) is 0 Å². The van der Waals surface area contributed by atoms with Crippen LogP contribution in [-0.2, 0) is 9.59 Å². The number of carbonyl (C=O) groups excluding carboxylic acids is 1. The highest BCUT2D eigenvalue weighted by Gasteiger charge is 2.13. The molecule has 2 N–H and O–H groups in total. The highest BCUT2D eigenvalue weighted by atomic mass is 32.2. The molecule has 0 bridgehead atoms. The SMILES string of the molecule is CC(SCCCC(=O)O)C(=O)Nc1ccc(F)cc1. The Bertz CT molecular complexity index is 436. The number of anilines is 1. The van der Waals surface area contributed by atoms with E-state index in [1.54, 1.807) is 6.92 Å². The summed E-state index contributed by atoms with van der Waals surface area (Å²) < 4.78 is 12.7. The van der Waals surface area contributed by atoms with E-state index in [4.69, 9.17) is 5.11 Å². The molecule has 0 aliphatic carbocycles. The predicted molar refractivity (Wildman–Crippen MR) is 73.8 cm³/mol. The highest BCUT2D eigenvalue weighted by Crippen LogP contribution is 2.16. The molecule has 0 aromatic heterocycles. The second kappa shape index (κ2) is 7.78. The molecule has 104 valence electrons. The van der Waals surface area contributed by atoms with Gasteiger partial charge in [-0.25, -0.2) is 4.39 Å². The fourth-order valence-corrected chi connectivity index (χ4v) is 2.21. The van der Waals surface area contributed by atoms with Crippen LogP contribution in [-0.4, -0.2) is 28.0 Å². The number of hydrogen-bond donors (Lipinski definition) is 2. The summed E-state index contributed by atoms with van der Waals surface area (Å²) in [5, 5.41) is 10.9. The topological polar surface area (TPSA) is 66.4 Å². The Kier molecular flexibility index (Phi) is 6.35. The van der Waals surface area contributed by atoms with Crippen LogP contribution in [0.2, 0.25) is 0 Å². The van der Waals surface area contributed by atoms with Crippen molar-refractivity contribution in [3.8, 4) is 0 Å². The maximum atomic E-state index is 12.7. The van der Waals surface area contributed by atoms with Crippen molar-refractivity contribution < 1.29 is 19.1 Å². The fourth-order valence-electron chi connectivity index (χ4n) is 1.34. The van der Waals surface area contributed by atoms with Crippen LogP contribution < -0.4 is 5.32 Å². The molecule has 0 fully saturated rings. The standard InChI is InChI=1S/C13H16FNO3S/c1-9(19-8-2-3-12(16)17)13(18)15-11-6-4-10(14)5-7-11/h4-7,9H,2-3,8H2,1H3,(H,15,18)(H,16,17). The Morgan fingerprint density at radius 3 is 2.58 bits per heavy atom. The molecule has 19 heavy (non-hydrogen) atoms. The minimum atomic E-state index is -0.830. The first-order valence-corrected chi connectivity index (χ1v) is 6.93. The zero-order chi connectivity index (χ0) is 14.3. The number of amides is 1. The Morgan fingerprint density at radius 1 is 1.37 bits per heavy atom. The zero-order valence-corrected chi connectivity index (χ0v) is 11.4. The number of halogens is 1. The predicted octanol–water partition coefficient (Wildman–Crippen LogP) is 2.75. The van der Waals surface area contributed by atoms with Gasteiger partial charge in [-0.2, -0.15) is 0 Å². The van der Waals surface area contributed by atoms with E-state index in [1.165, 1.54) is 36.0 Å². The van der Waals surface area contributed by atoms with Crippen LogP contribution in [0.1, 0.15) is 19.8 Å². The van der Waals surface area contributed by atoms with Gasteiger partial charge in [0.05, 0.1) is 5.25 Å². The van der Waals surface area contributed by atoms with Gasteiger partial charge in [-0.3, -0.25) is 9.59 Å². The fraction of sp³-hybridized carbons (Fsp3) is 0.385. The number of carboxylic acid groups (broad SMARTS) is 1. The van der Waals surface area contributed by atoms with E-state index in [1.807, 2.05) is 0 Å². The third-order valence-electron chi connectivity index (χ3n) is 2.38. The lowest BCUT2D eigenvalue weighted by Gasteiger charge is -2.11. The third kappa shape index (κ3) is 6.24. The van der Waals surface area contributed by atoms with Crippen molar-refractivity contribution in [1.29, 1.82) is 0 Å². The maximum Gasteiger partial charge on any atom is 0.303 e. The van der Waals surface area contributed by atoms with E-state index in [-0.39, 0.29) is 23.4 Å². The summed E-state index contributed by atoms with van der Waals surface area (Å²) in [6.45, 7) is 1.75. The highest BCUT2D eigenvalue weighted by molar-refractivity contribution is 8.00. The lowest BCUT2D eigenvalue weighted by molar-refractivity contribution is -0.137. The van der Waals surface area contributed by atoms with Crippen molar-refractivity contribution >= 4 is 29.3 Å². The average Bonchev–Trinajstić information content (AvgIpc) is 2.36. The van der Waals surface area contributed by atoms with Crippen LogP contribution in [0.5, 0.6) is 0 Å². The molecular weight excluding hydrogens is 269 g/mol. The lowest BCUT2D eigenvalue weighted by atomic mass is 10.3. The van der Waals surface area contributed by atoms with Gasteiger partial charge in [0.1, 0.15) is 5.82 Å². The largest absolute Gasteiger partial charge is 0.481 e. The Labute approximate surface area is 115 Å². The molecule has 1 amide bonds. The van der Waals surface area contributed by atoms with Crippen LogP contribution in [0, 0.1) is 5.82 Å². The van der Waals surface area contributed by atoms with Crippen molar-refractivity contribution in [2.75, 3.05) is 11.1 Å². The van der Waals surface area contributed by atoms with Gasteiger partial charge in [0.2, 0.25) is 5.91 Å². The number of benzene rings is 1. The monoisotopic (exact) mass is 285 g/mol. The first-order chi connectivity index (χ1) is 8.99. The Morgan fingerprint density at radius 2 is 2.00 bits per heavy atom. The molecule has 0 spiro atoms. The van der Waals surface area contributed by atoms with Gasteiger partial charge in [-0.05, 0) is 43.4 Å². The first-order valence-electron chi connectivity index (χ1n) is 5.89. The Balaban J connectivity index is 2.32. The van der Waals surface area contributed by atoms with Crippen molar-refractivity contribution in [2.45, 2.75) is 25.0 Å². The normalized spacial score (nSPS) is 11.9. The maximum absolute atomic E-state index is 12.7. The molecular formula is C13H16FNO3S. The van der Waals surface area contributed by atoms with Gasteiger partial charge in [-0.15, -0.1) is 11.8 Å². The molecule has 0 saturated carbocycles. The van der Waals surface area contributed by atoms with E-state index in [0.29, 0.717) is 17.9 Å². The summed E-state index contributed by atoms with van der Waals surface area (Å²) in [6, 6.07) is 5.55. The van der Waals surface area contributed by atoms with Gasteiger partial charge >= 0.3 is 5.97 Å². The van der Waals surface area contributed by atoms with Gasteiger partial charge < -0.3 is 10.4 Å². The molecule has 1 atom stereocenters. The summed E-state index contributed by atoms with van der Waals surface area (Å²) >= 11 is 1.40. The number of aliphatic carboxylic acids is 1. The Hall–Kier alpha value is -1.56. The number of thioether (sulfide) groups is 1. The molecule has 6 heteroatoms. The lowest BCUT2D eigenvalue weighted by Crippen LogP contribution is -2.22. The van der Waals surface area contributed by atoms with Crippen molar-refractivity contribution in [1.82, 2.24) is 0 Å². The van der Waals surface area contributed by atoms with E-state index in [0.717, 1.165) is 0 Å². The summed E-state index contributed by atoms with van der Waals surface area (Å²) in [4.78, 5) is 22.1. The van der Waals surface area contributed by atoms with E-state index >= 15 is 0 Å². The second-order valence-corrected chi connectivity index (χ2v) is 5.46. The van der Waals surface area contributed by atoms with Crippen molar-refractivity contribution in [2.24, 2.45) is 0 Å². The number of hydrogen-bond acceptors (Lipinski definition) is 3. The third-order valence-corrected chi connectivity index (χ3v) is 3.62. The number of carbonyl (C=O) groups is 2. The molecule has 0 aliphatic rings. The minimum absolute atomic E-state index is 0.110. The number of carboxylic acids is 1. The molecule has 1 unspecified atom stereocenters. The second-order valence-electron chi connectivity index (χ2n) is 4.01. The first kappa shape index (κ1) is 15.5. The van der Waals surface area contributed by atoms with Gasteiger partial charge in [0.25, 0.3) is 0 Å². The minimum Gasteiger partial charge on any atom is -0.481 e. The van der Waals surface area contributed by atoms with Crippen LogP contribution in [0.15, 0.2) is 24.3 Å². The molecule has 0 radical (unpaired) electrons. The summed E-state index contributed by atoms with van der Waals surface area (Å²) in [5.74, 6) is -0.741. The molecule has 1 aromatic carbocycles. The van der Waals surface area contributed by atoms with Crippen LogP contribution in [0.4, 0.5) is 10.1 Å². The molecule has 4 nitrogen and oxygen atoms in total. The summed E-state index contributed by atoms with van der Waals surface area (Å²) in [6.07, 6.45) is 0.646. The molecule has 0 saturated heterocycles. The smallest absolute Gasteiger partial charge is 0.303 e. The number of nitrogens with one attached hydrogen (secondary N) is 1. The molecule has 0 heterocycles. The molecule has 1 aromatic rings. The van der Waals surface area contributed by atoms with E-state index < -0.39 is 5.97 Å². The zero-order valence-electron chi connectivity index (χ0n) is 10.6. The van der Waals surface area contributed by atoms with Crippen LogP contribution in [0.3, 0.4) is 0 Å². The number of rotatable bonds is 7. The summed E-state index contributed by atoms with van der Waals surface area (Å²) in [7, 11) is 0. The van der Waals surface area contributed by atoms with Crippen molar-refractivity contribution in [3.63, 3.8) is 0 Å². The average molecular weight is 285 g/mol.